The monoisotopic (exact) mass is 275 g/mol. The minimum atomic E-state index is 0.355. The van der Waals surface area contributed by atoms with Crippen LogP contribution in [0.2, 0.25) is 0 Å². The Morgan fingerprint density at radius 3 is 2.70 bits per heavy atom. The smallest absolute Gasteiger partial charge is 0.124 e. The van der Waals surface area contributed by atoms with Gasteiger partial charge in [-0.05, 0) is 50.7 Å². The van der Waals surface area contributed by atoms with Crippen molar-refractivity contribution in [1.29, 1.82) is 0 Å². The summed E-state index contributed by atoms with van der Waals surface area (Å²) in [7, 11) is 4.31. The number of hydrogen-bond acceptors (Lipinski definition) is 4. The van der Waals surface area contributed by atoms with E-state index < -0.39 is 0 Å². The Bertz CT molecular complexity index is 459. The van der Waals surface area contributed by atoms with Gasteiger partial charge in [-0.2, -0.15) is 0 Å². The van der Waals surface area contributed by atoms with Crippen LogP contribution in [0.3, 0.4) is 0 Å². The quantitative estimate of drug-likeness (QED) is 0.900. The molecule has 2 atom stereocenters. The van der Waals surface area contributed by atoms with Crippen LogP contribution in [0.4, 0.5) is 0 Å². The largest absolute Gasteiger partial charge is 0.488 e. The van der Waals surface area contributed by atoms with Crippen molar-refractivity contribution in [3.63, 3.8) is 0 Å². The lowest BCUT2D eigenvalue weighted by Gasteiger charge is -2.36. The molecule has 4 nitrogen and oxygen atoms in total. The standard InChI is InChI=1S/C16H25N3O/c1-18-10-15(11-18)20-14-5-3-4-13(7-14)16-6-12(8-17)9-19(16)2/h3-5,7,12,15-16H,6,8-11,17H2,1-2H3. The highest BCUT2D eigenvalue weighted by Crippen LogP contribution is 2.35. The molecule has 110 valence electrons. The van der Waals surface area contributed by atoms with Crippen LogP contribution < -0.4 is 10.5 Å². The maximum atomic E-state index is 6.02. The molecule has 2 aliphatic heterocycles. The first-order valence-electron chi connectivity index (χ1n) is 7.51. The fourth-order valence-corrected chi connectivity index (χ4v) is 3.37. The second kappa shape index (κ2) is 5.72. The van der Waals surface area contributed by atoms with E-state index in [1.807, 2.05) is 0 Å². The molecule has 1 aromatic carbocycles. The van der Waals surface area contributed by atoms with Crippen LogP contribution in [0.25, 0.3) is 0 Å². The maximum absolute atomic E-state index is 6.02. The minimum Gasteiger partial charge on any atom is -0.488 e. The molecule has 2 fully saturated rings. The molecule has 3 rings (SSSR count). The van der Waals surface area contributed by atoms with E-state index in [1.165, 1.54) is 5.56 Å². The summed E-state index contributed by atoms with van der Waals surface area (Å²) in [5.74, 6) is 1.63. The van der Waals surface area contributed by atoms with Gasteiger partial charge >= 0.3 is 0 Å². The van der Waals surface area contributed by atoms with Crippen molar-refractivity contribution in [1.82, 2.24) is 9.80 Å². The highest BCUT2D eigenvalue weighted by Gasteiger charge is 2.30. The van der Waals surface area contributed by atoms with Gasteiger partial charge in [-0.15, -0.1) is 0 Å². The first-order valence-corrected chi connectivity index (χ1v) is 7.51. The van der Waals surface area contributed by atoms with Crippen molar-refractivity contribution in [2.24, 2.45) is 11.7 Å². The van der Waals surface area contributed by atoms with Crippen LogP contribution in [0, 0.1) is 5.92 Å². The van der Waals surface area contributed by atoms with Crippen LogP contribution >= 0.6 is 0 Å². The van der Waals surface area contributed by atoms with E-state index in [4.69, 9.17) is 10.5 Å². The fourth-order valence-electron chi connectivity index (χ4n) is 3.37. The summed E-state index contributed by atoms with van der Waals surface area (Å²) < 4.78 is 6.02. The Hall–Kier alpha value is -1.10. The van der Waals surface area contributed by atoms with E-state index in [9.17, 15) is 0 Å². The number of hydrogen-bond donors (Lipinski definition) is 1. The molecule has 2 saturated heterocycles. The SMILES string of the molecule is CN1CC(Oc2cccc(C3CC(CN)CN3C)c2)C1. The van der Waals surface area contributed by atoms with E-state index in [0.29, 0.717) is 18.1 Å². The lowest BCUT2D eigenvalue weighted by atomic mass is 10.00. The van der Waals surface area contributed by atoms with Crippen molar-refractivity contribution in [3.8, 4) is 5.75 Å². The molecule has 1 aromatic rings. The minimum absolute atomic E-state index is 0.355. The Kier molecular flexibility index (Phi) is 3.96. The van der Waals surface area contributed by atoms with Gasteiger partial charge in [0.25, 0.3) is 0 Å². The van der Waals surface area contributed by atoms with Crippen molar-refractivity contribution in [2.45, 2.75) is 18.6 Å². The molecule has 2 aliphatic rings. The molecule has 2 heterocycles. The fraction of sp³-hybridized carbons (Fsp3) is 0.625. The molecule has 0 spiro atoms. The molecule has 2 unspecified atom stereocenters. The average molecular weight is 275 g/mol. The third-order valence-corrected chi connectivity index (χ3v) is 4.54. The van der Waals surface area contributed by atoms with Gasteiger partial charge in [0.15, 0.2) is 0 Å². The van der Waals surface area contributed by atoms with Crippen LogP contribution in [0.5, 0.6) is 5.75 Å². The van der Waals surface area contributed by atoms with Gasteiger partial charge in [0.05, 0.1) is 0 Å². The summed E-state index contributed by atoms with van der Waals surface area (Å²) in [6.45, 7) is 3.94. The Morgan fingerprint density at radius 2 is 2.05 bits per heavy atom. The number of rotatable bonds is 4. The summed E-state index contributed by atoms with van der Waals surface area (Å²) >= 11 is 0. The number of ether oxygens (including phenoxy) is 1. The second-order valence-electron chi connectivity index (χ2n) is 6.33. The van der Waals surface area contributed by atoms with Crippen molar-refractivity contribution < 1.29 is 4.74 Å². The Labute approximate surface area is 121 Å². The summed E-state index contributed by atoms with van der Waals surface area (Å²) in [6.07, 6.45) is 1.51. The number of likely N-dealkylation sites (tertiary alicyclic amines) is 2. The van der Waals surface area contributed by atoms with E-state index in [1.54, 1.807) is 0 Å². The summed E-state index contributed by atoms with van der Waals surface area (Å²) in [4.78, 5) is 4.68. The third-order valence-electron chi connectivity index (χ3n) is 4.54. The molecule has 0 bridgehead atoms. The van der Waals surface area contributed by atoms with Gasteiger partial charge in [0.1, 0.15) is 11.9 Å². The summed E-state index contributed by atoms with van der Waals surface area (Å²) in [6, 6.07) is 9.07. The van der Waals surface area contributed by atoms with Crippen molar-refractivity contribution in [2.75, 3.05) is 40.3 Å². The lowest BCUT2D eigenvalue weighted by Crippen LogP contribution is -2.51. The van der Waals surface area contributed by atoms with Gasteiger partial charge in [-0.1, -0.05) is 12.1 Å². The normalized spacial score (nSPS) is 28.6. The zero-order valence-electron chi connectivity index (χ0n) is 12.5. The molecule has 4 heteroatoms. The molecule has 0 saturated carbocycles. The highest BCUT2D eigenvalue weighted by molar-refractivity contribution is 5.31. The first-order chi connectivity index (χ1) is 9.65. The molecule has 2 N–H and O–H groups in total. The summed E-state index contributed by atoms with van der Waals surface area (Å²) in [5.41, 5.74) is 7.17. The summed E-state index contributed by atoms with van der Waals surface area (Å²) in [5, 5.41) is 0. The van der Waals surface area contributed by atoms with E-state index in [-0.39, 0.29) is 0 Å². The lowest BCUT2D eigenvalue weighted by molar-refractivity contribution is 0.0387. The molecule has 0 aliphatic carbocycles. The number of likely N-dealkylation sites (N-methyl/N-ethyl adjacent to an activating group) is 1. The average Bonchev–Trinajstić information content (AvgIpc) is 2.79. The van der Waals surface area contributed by atoms with Gasteiger partial charge in [0, 0.05) is 25.7 Å². The van der Waals surface area contributed by atoms with E-state index in [0.717, 1.165) is 38.3 Å². The molecular formula is C16H25N3O. The first kappa shape index (κ1) is 13.9. The highest BCUT2D eigenvalue weighted by atomic mass is 16.5. The molecular weight excluding hydrogens is 250 g/mol. The predicted molar refractivity (Wildman–Crippen MR) is 80.9 cm³/mol. The molecule has 0 amide bonds. The van der Waals surface area contributed by atoms with Gasteiger partial charge in [-0.25, -0.2) is 0 Å². The zero-order chi connectivity index (χ0) is 14.1. The van der Waals surface area contributed by atoms with Crippen molar-refractivity contribution >= 4 is 0 Å². The molecule has 0 aromatic heterocycles. The van der Waals surface area contributed by atoms with E-state index >= 15 is 0 Å². The van der Waals surface area contributed by atoms with Crippen LogP contribution in [-0.4, -0.2) is 56.2 Å². The third kappa shape index (κ3) is 2.82. The second-order valence-corrected chi connectivity index (χ2v) is 6.33. The van der Waals surface area contributed by atoms with Crippen LogP contribution in [-0.2, 0) is 0 Å². The number of nitrogens with two attached hydrogens (primary N) is 1. The van der Waals surface area contributed by atoms with Gasteiger partial charge in [-0.3, -0.25) is 9.80 Å². The molecule has 20 heavy (non-hydrogen) atoms. The molecule has 0 radical (unpaired) electrons. The van der Waals surface area contributed by atoms with Crippen LogP contribution in [0.15, 0.2) is 24.3 Å². The van der Waals surface area contributed by atoms with Gasteiger partial charge in [0.2, 0.25) is 0 Å². The number of benzene rings is 1. The van der Waals surface area contributed by atoms with Crippen molar-refractivity contribution in [3.05, 3.63) is 29.8 Å². The van der Waals surface area contributed by atoms with E-state index in [2.05, 4.69) is 48.2 Å². The Balaban J connectivity index is 1.68. The zero-order valence-corrected chi connectivity index (χ0v) is 12.5. The van der Waals surface area contributed by atoms with Gasteiger partial charge < -0.3 is 10.5 Å². The predicted octanol–water partition coefficient (Wildman–Crippen LogP) is 1.33. The number of nitrogens with zero attached hydrogens (tertiary/aromatic N) is 2. The van der Waals surface area contributed by atoms with Crippen LogP contribution in [0.1, 0.15) is 18.0 Å². The topological polar surface area (TPSA) is 41.7 Å². The maximum Gasteiger partial charge on any atom is 0.124 e. The Morgan fingerprint density at radius 1 is 1.25 bits per heavy atom.